The van der Waals surface area contributed by atoms with Gasteiger partial charge in [0.25, 0.3) is 5.91 Å². The first-order chi connectivity index (χ1) is 10.1. The Kier molecular flexibility index (Phi) is 2.98. The highest BCUT2D eigenvalue weighted by Gasteiger charge is 2.54. The van der Waals surface area contributed by atoms with E-state index in [4.69, 9.17) is 0 Å². The van der Waals surface area contributed by atoms with Gasteiger partial charge in [-0.1, -0.05) is 31.5 Å². The van der Waals surface area contributed by atoms with Gasteiger partial charge in [0.1, 0.15) is 5.76 Å². The van der Waals surface area contributed by atoms with Gasteiger partial charge in [0.2, 0.25) is 5.60 Å². The summed E-state index contributed by atoms with van der Waals surface area (Å²) in [5.74, 6) is -1.28. The van der Waals surface area contributed by atoms with E-state index in [1.807, 2.05) is 26.8 Å². The van der Waals surface area contributed by atoms with Crippen LogP contribution in [0.2, 0.25) is 0 Å². The molecule has 0 radical (unpaired) electrons. The highest BCUT2D eigenvalue weighted by atomic mass is 16.3. The van der Waals surface area contributed by atoms with Crippen LogP contribution in [0.1, 0.15) is 37.8 Å². The summed E-state index contributed by atoms with van der Waals surface area (Å²) in [6.45, 7) is 5.58. The molecule has 1 aliphatic heterocycles. The highest BCUT2D eigenvalue weighted by Crippen LogP contribution is 2.47. The van der Waals surface area contributed by atoms with Crippen molar-refractivity contribution in [3.63, 3.8) is 0 Å². The molecular weight excluding hydrogens is 282 g/mol. The minimum Gasteiger partial charge on any atom is -0.512 e. The first-order valence-corrected chi connectivity index (χ1v) is 7.26. The fourth-order valence-electron chi connectivity index (χ4n) is 3.35. The number of anilines is 1. The Labute approximate surface area is 128 Å². The molecule has 5 heteroatoms. The van der Waals surface area contributed by atoms with Crippen molar-refractivity contribution in [1.82, 2.24) is 0 Å². The lowest BCUT2D eigenvalue weighted by Crippen LogP contribution is -2.43. The molecule has 0 fully saturated rings. The van der Waals surface area contributed by atoms with Crippen LogP contribution in [0.4, 0.5) is 5.69 Å². The van der Waals surface area contributed by atoms with Crippen LogP contribution in [-0.4, -0.2) is 21.9 Å². The third kappa shape index (κ3) is 1.96. The number of rotatable bonds is 1. The zero-order chi connectivity index (χ0) is 16.3. The number of Topliss-reactive ketones (excluding diaryl/α,β-unsaturated/α-hetero) is 1. The monoisotopic (exact) mass is 301 g/mol. The van der Waals surface area contributed by atoms with Crippen LogP contribution in [0.3, 0.4) is 0 Å². The minimum absolute atomic E-state index is 0.184. The quantitative estimate of drug-likeness (QED) is 0.743. The SMILES string of the molecule is Cc1ccc2c(c1)C(O)(C1=C(O)CC(C)(C)CC1=O)C(=O)N2. The minimum atomic E-state index is -2.11. The number of carbonyl (C=O) groups is 2. The Morgan fingerprint density at radius 1 is 1.18 bits per heavy atom. The van der Waals surface area contributed by atoms with Crippen LogP contribution in [0.25, 0.3) is 0 Å². The lowest BCUT2D eigenvalue weighted by Gasteiger charge is -2.34. The Bertz CT molecular complexity index is 732. The van der Waals surface area contributed by atoms with Gasteiger partial charge in [-0.25, -0.2) is 0 Å². The first-order valence-electron chi connectivity index (χ1n) is 7.26. The number of benzene rings is 1. The number of ketones is 1. The molecule has 0 aromatic heterocycles. The number of aliphatic hydroxyl groups is 2. The normalized spacial score (nSPS) is 26.9. The van der Waals surface area contributed by atoms with Gasteiger partial charge in [0.15, 0.2) is 5.78 Å². The van der Waals surface area contributed by atoms with Crippen LogP contribution >= 0.6 is 0 Å². The second-order valence-electron chi connectivity index (χ2n) is 6.98. The van der Waals surface area contributed by atoms with E-state index < -0.39 is 11.5 Å². The van der Waals surface area contributed by atoms with Crippen molar-refractivity contribution < 1.29 is 19.8 Å². The third-order valence-corrected chi connectivity index (χ3v) is 4.36. The summed E-state index contributed by atoms with van der Waals surface area (Å²) in [5, 5.41) is 23.9. The van der Waals surface area contributed by atoms with Gasteiger partial charge in [-0.3, -0.25) is 9.59 Å². The van der Waals surface area contributed by atoms with Gasteiger partial charge >= 0.3 is 0 Å². The van der Waals surface area contributed by atoms with E-state index in [-0.39, 0.29) is 35.4 Å². The molecule has 1 aromatic rings. The van der Waals surface area contributed by atoms with Crippen molar-refractivity contribution in [2.75, 3.05) is 5.32 Å². The number of nitrogens with one attached hydrogen (secondary N) is 1. The first kappa shape index (κ1) is 14.8. The van der Waals surface area contributed by atoms with Crippen LogP contribution in [0.5, 0.6) is 0 Å². The standard InChI is InChI=1S/C17H19NO4/c1-9-4-5-11-10(6-9)17(22,15(21)18-11)14-12(19)7-16(2,3)8-13(14)20/h4-6,19,22H,7-8H2,1-3H3,(H,18,21). The van der Waals surface area contributed by atoms with Gasteiger partial charge in [-0.15, -0.1) is 0 Å². The molecule has 1 atom stereocenters. The number of allylic oxidation sites excluding steroid dienone is 1. The van der Waals surface area contributed by atoms with E-state index in [0.717, 1.165) is 5.56 Å². The molecule has 5 nitrogen and oxygen atoms in total. The van der Waals surface area contributed by atoms with Crippen molar-refractivity contribution >= 4 is 17.4 Å². The molecule has 0 saturated carbocycles. The fourth-order valence-corrected chi connectivity index (χ4v) is 3.35. The molecule has 0 bridgehead atoms. The zero-order valence-corrected chi connectivity index (χ0v) is 12.9. The molecule has 1 amide bonds. The molecule has 2 aliphatic rings. The number of carbonyl (C=O) groups excluding carboxylic acids is 2. The van der Waals surface area contributed by atoms with E-state index in [9.17, 15) is 19.8 Å². The van der Waals surface area contributed by atoms with Crippen LogP contribution in [0.15, 0.2) is 29.5 Å². The van der Waals surface area contributed by atoms with Crippen LogP contribution < -0.4 is 5.32 Å². The Morgan fingerprint density at radius 3 is 2.50 bits per heavy atom. The van der Waals surface area contributed by atoms with E-state index in [2.05, 4.69) is 5.32 Å². The van der Waals surface area contributed by atoms with E-state index in [1.54, 1.807) is 12.1 Å². The van der Waals surface area contributed by atoms with Gasteiger partial charge in [-0.05, 0) is 18.4 Å². The molecule has 1 heterocycles. The van der Waals surface area contributed by atoms with Gasteiger partial charge < -0.3 is 15.5 Å². The van der Waals surface area contributed by atoms with E-state index >= 15 is 0 Å². The summed E-state index contributed by atoms with van der Waals surface area (Å²) in [4.78, 5) is 24.9. The summed E-state index contributed by atoms with van der Waals surface area (Å²) in [5.41, 5.74) is -1.03. The maximum absolute atomic E-state index is 12.5. The predicted octanol–water partition coefficient (Wildman–Crippen LogP) is 2.34. The molecule has 0 saturated heterocycles. The Hall–Kier alpha value is -2.14. The summed E-state index contributed by atoms with van der Waals surface area (Å²) in [7, 11) is 0. The summed E-state index contributed by atoms with van der Waals surface area (Å²) >= 11 is 0. The number of amides is 1. The largest absolute Gasteiger partial charge is 0.512 e. The van der Waals surface area contributed by atoms with Gasteiger partial charge in [-0.2, -0.15) is 0 Å². The molecule has 22 heavy (non-hydrogen) atoms. The van der Waals surface area contributed by atoms with Gasteiger partial charge in [0.05, 0.1) is 5.57 Å². The second-order valence-corrected chi connectivity index (χ2v) is 6.98. The summed E-state index contributed by atoms with van der Waals surface area (Å²) in [6.07, 6.45) is 0.438. The second kappa shape index (κ2) is 4.43. The summed E-state index contributed by atoms with van der Waals surface area (Å²) < 4.78 is 0. The maximum atomic E-state index is 12.5. The number of aryl methyl sites for hydroxylation is 1. The number of aliphatic hydroxyl groups excluding tert-OH is 1. The fraction of sp³-hybridized carbons (Fsp3) is 0.412. The molecule has 1 aliphatic carbocycles. The average Bonchev–Trinajstić information content (AvgIpc) is 2.60. The Balaban J connectivity index is 2.21. The van der Waals surface area contributed by atoms with Crippen molar-refractivity contribution in [2.45, 2.75) is 39.2 Å². The molecule has 3 N–H and O–H groups in total. The third-order valence-electron chi connectivity index (χ3n) is 4.36. The van der Waals surface area contributed by atoms with Crippen LogP contribution in [-0.2, 0) is 15.2 Å². The smallest absolute Gasteiger partial charge is 0.266 e. The molecule has 3 rings (SSSR count). The van der Waals surface area contributed by atoms with E-state index in [0.29, 0.717) is 11.3 Å². The summed E-state index contributed by atoms with van der Waals surface area (Å²) in [6, 6.07) is 5.17. The van der Waals surface area contributed by atoms with Crippen molar-refractivity contribution in [1.29, 1.82) is 0 Å². The number of hydrogen-bond acceptors (Lipinski definition) is 4. The average molecular weight is 301 g/mol. The molecular formula is C17H19NO4. The zero-order valence-electron chi connectivity index (χ0n) is 12.9. The molecule has 0 spiro atoms. The number of fused-ring (bicyclic) bond motifs is 1. The lowest BCUT2D eigenvalue weighted by atomic mass is 9.71. The lowest BCUT2D eigenvalue weighted by molar-refractivity contribution is -0.135. The predicted molar refractivity (Wildman–Crippen MR) is 81.4 cm³/mol. The van der Waals surface area contributed by atoms with Crippen molar-refractivity contribution in [3.8, 4) is 0 Å². The molecule has 1 aromatic carbocycles. The molecule has 1 unspecified atom stereocenters. The van der Waals surface area contributed by atoms with E-state index in [1.165, 1.54) is 0 Å². The molecule has 116 valence electrons. The van der Waals surface area contributed by atoms with Crippen molar-refractivity contribution in [3.05, 3.63) is 40.7 Å². The topological polar surface area (TPSA) is 86.6 Å². The van der Waals surface area contributed by atoms with Crippen LogP contribution in [0, 0.1) is 12.3 Å². The highest BCUT2D eigenvalue weighted by molar-refractivity contribution is 6.14. The number of hydrogen-bond donors (Lipinski definition) is 3. The van der Waals surface area contributed by atoms with Crippen molar-refractivity contribution in [2.24, 2.45) is 5.41 Å². The van der Waals surface area contributed by atoms with Gasteiger partial charge in [0, 0.05) is 24.1 Å². The maximum Gasteiger partial charge on any atom is 0.266 e. The Morgan fingerprint density at radius 2 is 1.86 bits per heavy atom.